The zero-order valence-electron chi connectivity index (χ0n) is 8.01. The Balaban J connectivity index is 3.50. The summed E-state index contributed by atoms with van der Waals surface area (Å²) >= 11 is 0. The molecule has 80 valence electrons. The number of carbonyl (C=O) groups excluding carboxylic acids is 1. The van der Waals surface area contributed by atoms with Gasteiger partial charge in [0.25, 0.3) is 0 Å². The van der Waals surface area contributed by atoms with Crippen molar-refractivity contribution >= 4 is 11.8 Å². The SMILES string of the molecule is COc1c(F)cc(N=C=O)c(OC)c1F. The number of isocyanates is 1. The summed E-state index contributed by atoms with van der Waals surface area (Å²) in [6.45, 7) is 0. The van der Waals surface area contributed by atoms with Crippen LogP contribution in [0.15, 0.2) is 11.1 Å². The zero-order valence-corrected chi connectivity index (χ0v) is 8.01. The molecule has 0 aliphatic carbocycles. The van der Waals surface area contributed by atoms with Crippen LogP contribution in [0.3, 0.4) is 0 Å². The summed E-state index contributed by atoms with van der Waals surface area (Å²) in [5.74, 6) is -2.97. The Morgan fingerprint density at radius 2 is 1.87 bits per heavy atom. The molecule has 0 fully saturated rings. The molecule has 4 nitrogen and oxygen atoms in total. The average Bonchev–Trinajstić information content (AvgIpc) is 2.19. The van der Waals surface area contributed by atoms with Gasteiger partial charge >= 0.3 is 0 Å². The number of nitrogens with zero attached hydrogens (tertiary/aromatic N) is 1. The molecule has 0 aliphatic rings. The molecule has 6 heteroatoms. The zero-order chi connectivity index (χ0) is 11.4. The summed E-state index contributed by atoms with van der Waals surface area (Å²) in [6.07, 6.45) is 1.17. The second-order valence-corrected chi connectivity index (χ2v) is 2.46. The molecular weight excluding hydrogens is 208 g/mol. The Morgan fingerprint density at radius 3 is 2.33 bits per heavy atom. The van der Waals surface area contributed by atoms with E-state index in [0.29, 0.717) is 0 Å². The van der Waals surface area contributed by atoms with Crippen LogP contribution in [0.5, 0.6) is 11.5 Å². The molecule has 0 saturated heterocycles. The van der Waals surface area contributed by atoms with Gasteiger partial charge in [0.15, 0.2) is 17.3 Å². The third-order valence-electron chi connectivity index (χ3n) is 1.69. The number of ether oxygens (including phenoxy) is 2. The minimum absolute atomic E-state index is 0.275. The van der Waals surface area contributed by atoms with Crippen molar-refractivity contribution in [3.8, 4) is 11.5 Å². The van der Waals surface area contributed by atoms with Crippen molar-refractivity contribution in [1.29, 1.82) is 0 Å². The van der Waals surface area contributed by atoms with Gasteiger partial charge in [-0.3, -0.25) is 0 Å². The molecule has 0 aliphatic heterocycles. The lowest BCUT2D eigenvalue weighted by atomic mass is 10.2. The first-order valence-corrected chi connectivity index (χ1v) is 3.83. The lowest BCUT2D eigenvalue weighted by molar-refractivity contribution is 0.334. The molecule has 0 bridgehead atoms. The third kappa shape index (κ3) is 1.94. The van der Waals surface area contributed by atoms with Gasteiger partial charge in [0.05, 0.1) is 14.2 Å². The lowest BCUT2D eigenvalue weighted by Crippen LogP contribution is -1.97. The molecule has 0 unspecified atom stereocenters. The van der Waals surface area contributed by atoms with E-state index >= 15 is 0 Å². The second-order valence-electron chi connectivity index (χ2n) is 2.46. The fraction of sp³-hybridized carbons (Fsp3) is 0.222. The van der Waals surface area contributed by atoms with Gasteiger partial charge in [-0.25, -0.2) is 9.18 Å². The number of benzene rings is 1. The number of halogens is 2. The van der Waals surface area contributed by atoms with Gasteiger partial charge in [-0.2, -0.15) is 9.38 Å². The maximum atomic E-state index is 13.4. The number of hydrogen-bond donors (Lipinski definition) is 0. The first-order valence-electron chi connectivity index (χ1n) is 3.83. The third-order valence-corrected chi connectivity index (χ3v) is 1.69. The van der Waals surface area contributed by atoms with E-state index in [-0.39, 0.29) is 11.4 Å². The van der Waals surface area contributed by atoms with Gasteiger partial charge < -0.3 is 9.47 Å². The second kappa shape index (κ2) is 4.52. The van der Waals surface area contributed by atoms with Gasteiger partial charge in [-0.15, -0.1) is 0 Å². The largest absolute Gasteiger partial charge is 0.491 e. The Kier molecular flexibility index (Phi) is 3.36. The number of rotatable bonds is 3. The van der Waals surface area contributed by atoms with Crippen molar-refractivity contribution in [2.75, 3.05) is 14.2 Å². The van der Waals surface area contributed by atoms with Crippen LogP contribution in [0.25, 0.3) is 0 Å². The predicted octanol–water partition coefficient (Wildman–Crippen LogP) is 1.95. The van der Waals surface area contributed by atoms with E-state index in [0.717, 1.165) is 13.2 Å². The Labute approximate surface area is 84.1 Å². The quantitative estimate of drug-likeness (QED) is 0.571. The highest BCUT2D eigenvalue weighted by Crippen LogP contribution is 2.37. The number of methoxy groups -OCH3 is 2. The van der Waals surface area contributed by atoms with Crippen molar-refractivity contribution in [3.63, 3.8) is 0 Å². The van der Waals surface area contributed by atoms with Crippen molar-refractivity contribution < 1.29 is 23.0 Å². The highest BCUT2D eigenvalue weighted by atomic mass is 19.1. The molecule has 0 aromatic heterocycles. The molecule has 0 atom stereocenters. The van der Waals surface area contributed by atoms with Crippen LogP contribution in [0.1, 0.15) is 0 Å². The van der Waals surface area contributed by atoms with Gasteiger partial charge in [-0.05, 0) is 0 Å². The Hall–Kier alpha value is -1.94. The minimum atomic E-state index is -1.05. The highest BCUT2D eigenvalue weighted by molar-refractivity contribution is 5.61. The average molecular weight is 215 g/mol. The van der Waals surface area contributed by atoms with Gasteiger partial charge in [0.1, 0.15) is 5.69 Å². The van der Waals surface area contributed by atoms with Crippen LogP contribution in [0.4, 0.5) is 14.5 Å². The van der Waals surface area contributed by atoms with Crippen LogP contribution in [-0.4, -0.2) is 20.3 Å². The maximum absolute atomic E-state index is 13.4. The van der Waals surface area contributed by atoms with E-state index in [4.69, 9.17) is 0 Å². The summed E-state index contributed by atoms with van der Waals surface area (Å²) in [5, 5.41) is 0. The standard InChI is InChI=1S/C9H7F2NO3/c1-14-8-5(10)3-6(12-4-13)9(15-2)7(8)11/h3H,1-2H3. The van der Waals surface area contributed by atoms with Gasteiger partial charge in [0, 0.05) is 6.07 Å². The lowest BCUT2D eigenvalue weighted by Gasteiger charge is -2.09. The molecule has 0 spiro atoms. The minimum Gasteiger partial charge on any atom is -0.491 e. The van der Waals surface area contributed by atoms with Crippen LogP contribution in [0.2, 0.25) is 0 Å². The summed E-state index contributed by atoms with van der Waals surface area (Å²) in [6, 6.07) is 0.825. The highest BCUT2D eigenvalue weighted by Gasteiger charge is 2.19. The Morgan fingerprint density at radius 1 is 1.27 bits per heavy atom. The monoisotopic (exact) mass is 215 g/mol. The first kappa shape index (κ1) is 11.1. The number of aliphatic imine (C=N–C) groups is 1. The normalized spacial score (nSPS) is 9.33. The fourth-order valence-corrected chi connectivity index (χ4v) is 1.09. The van der Waals surface area contributed by atoms with E-state index in [1.165, 1.54) is 13.2 Å². The summed E-state index contributed by atoms with van der Waals surface area (Å²) in [7, 11) is 2.28. The van der Waals surface area contributed by atoms with Crippen LogP contribution in [0, 0.1) is 11.6 Å². The summed E-state index contributed by atoms with van der Waals surface area (Å²) < 4.78 is 35.7. The van der Waals surface area contributed by atoms with E-state index < -0.39 is 17.4 Å². The number of hydrogen-bond acceptors (Lipinski definition) is 4. The molecular formula is C9H7F2NO3. The molecule has 0 saturated carbocycles. The summed E-state index contributed by atoms with van der Waals surface area (Å²) in [5.41, 5.74) is -0.275. The van der Waals surface area contributed by atoms with Crippen molar-refractivity contribution in [2.45, 2.75) is 0 Å². The van der Waals surface area contributed by atoms with E-state index in [1.54, 1.807) is 0 Å². The molecule has 0 radical (unpaired) electrons. The molecule has 1 aromatic rings. The molecule has 0 N–H and O–H groups in total. The van der Waals surface area contributed by atoms with Crippen LogP contribution in [-0.2, 0) is 4.79 Å². The fourth-order valence-electron chi connectivity index (χ4n) is 1.09. The van der Waals surface area contributed by atoms with E-state index in [1.807, 2.05) is 0 Å². The molecule has 1 aromatic carbocycles. The smallest absolute Gasteiger partial charge is 0.240 e. The maximum Gasteiger partial charge on any atom is 0.240 e. The van der Waals surface area contributed by atoms with Gasteiger partial charge in [-0.1, -0.05) is 0 Å². The van der Waals surface area contributed by atoms with Crippen molar-refractivity contribution in [3.05, 3.63) is 17.7 Å². The van der Waals surface area contributed by atoms with Gasteiger partial charge in [0.2, 0.25) is 11.9 Å². The Bertz CT molecular complexity index is 428. The van der Waals surface area contributed by atoms with Crippen LogP contribution >= 0.6 is 0 Å². The topological polar surface area (TPSA) is 47.9 Å². The predicted molar refractivity (Wildman–Crippen MR) is 47.2 cm³/mol. The summed E-state index contributed by atoms with van der Waals surface area (Å²) in [4.78, 5) is 13.1. The van der Waals surface area contributed by atoms with E-state index in [9.17, 15) is 13.6 Å². The molecule has 15 heavy (non-hydrogen) atoms. The van der Waals surface area contributed by atoms with Crippen molar-refractivity contribution in [1.82, 2.24) is 0 Å². The molecule has 0 amide bonds. The molecule has 1 rings (SSSR count). The first-order chi connectivity index (χ1) is 7.15. The van der Waals surface area contributed by atoms with E-state index in [2.05, 4.69) is 14.5 Å². The molecule has 0 heterocycles. The van der Waals surface area contributed by atoms with Crippen LogP contribution < -0.4 is 9.47 Å². The van der Waals surface area contributed by atoms with Crippen molar-refractivity contribution in [2.24, 2.45) is 4.99 Å².